The number of hydrogen-bond donors (Lipinski definition) is 0. The van der Waals surface area contributed by atoms with Crippen molar-refractivity contribution < 1.29 is 32.7 Å². The van der Waals surface area contributed by atoms with E-state index in [9.17, 15) is 0 Å². The van der Waals surface area contributed by atoms with Crippen molar-refractivity contribution in [2.24, 2.45) is 0 Å². The minimum atomic E-state index is -2.46. The standard InChI is InChI=1S/C39H35N2O.C31H29N2.Ir/c1-23(2)31-21-28(27-12-8-7-9-13-27)22-32(24(3)4)37(31)41-34-15-11-10-14-33(34)40-39(41)30-19-17-26(6)36-29-18-16-25(5)20-35(29)42-38(30)36;1-21(2)26-19-25(23-13-7-5-8-14-23)20-27(22(3)4)30(26)33-29-18-12-11-17-28(29)32-31(33)24-15-9-6-10-16-24;/h7-18,20-24H,1-6H3;5-15,17-22H,1-4H3;/q2*-1;/i5D3,6D3;;. The molecule has 0 fully saturated rings. The molecule has 3 heterocycles. The van der Waals surface area contributed by atoms with Gasteiger partial charge in [-0.05, 0) is 135 Å². The first-order valence-corrected chi connectivity index (χ1v) is 26.1. The molecule has 1 radical (unpaired) electrons. The zero-order valence-corrected chi connectivity index (χ0v) is 46.6. The summed E-state index contributed by atoms with van der Waals surface area (Å²) in [4.78, 5) is 10.2. The summed E-state index contributed by atoms with van der Waals surface area (Å²) in [5.41, 5.74) is 18.1. The molecule has 6 heteroatoms. The van der Waals surface area contributed by atoms with Crippen LogP contribution in [0.4, 0.5) is 0 Å². The van der Waals surface area contributed by atoms with Gasteiger partial charge in [0.25, 0.3) is 0 Å². The summed E-state index contributed by atoms with van der Waals surface area (Å²) in [5, 5.41) is 0.932. The third-order valence-corrected chi connectivity index (χ3v) is 14.3. The molecule has 0 aliphatic heterocycles. The van der Waals surface area contributed by atoms with Crippen molar-refractivity contribution >= 4 is 44.0 Å². The smallest absolute Gasteiger partial charge is 0.121 e. The molecule has 12 aromatic rings. The second-order valence-corrected chi connectivity index (χ2v) is 20.7. The van der Waals surface area contributed by atoms with E-state index in [1.807, 2.05) is 54.6 Å². The van der Waals surface area contributed by atoms with E-state index in [1.165, 1.54) is 46.1 Å². The normalized spacial score (nSPS) is 13.2. The van der Waals surface area contributed by atoms with Gasteiger partial charge in [-0.2, -0.15) is 0 Å². The number of hydrogen-bond acceptors (Lipinski definition) is 3. The maximum Gasteiger partial charge on any atom is 0.121 e. The van der Waals surface area contributed by atoms with Crippen molar-refractivity contribution in [2.45, 2.75) is 92.8 Å². The fourth-order valence-corrected chi connectivity index (χ4v) is 10.6. The minimum Gasteiger partial charge on any atom is -0.501 e. The Morgan fingerprint density at radius 3 is 1.46 bits per heavy atom. The van der Waals surface area contributed by atoms with E-state index in [2.05, 4.69) is 180 Å². The van der Waals surface area contributed by atoms with Crippen molar-refractivity contribution in [3.8, 4) is 56.4 Å². The maximum absolute atomic E-state index is 8.35. The first-order valence-electron chi connectivity index (χ1n) is 29.1. The molecule has 0 amide bonds. The molecule has 0 saturated heterocycles. The van der Waals surface area contributed by atoms with Gasteiger partial charge >= 0.3 is 0 Å². The van der Waals surface area contributed by atoms with Gasteiger partial charge in [-0.25, -0.2) is 0 Å². The van der Waals surface area contributed by atoms with Gasteiger partial charge in [0.2, 0.25) is 0 Å². The predicted octanol–water partition coefficient (Wildman–Crippen LogP) is 19.3. The molecule has 0 N–H and O–H groups in total. The van der Waals surface area contributed by atoms with E-state index < -0.39 is 13.7 Å². The van der Waals surface area contributed by atoms with Gasteiger partial charge in [0.15, 0.2) is 0 Å². The first-order chi connectivity index (χ1) is 38.8. The van der Waals surface area contributed by atoms with Crippen LogP contribution in [-0.4, -0.2) is 19.1 Å². The molecule has 12 rings (SSSR count). The van der Waals surface area contributed by atoms with Crippen LogP contribution in [0.25, 0.3) is 100 Å². The average molecular weight is 1180 g/mol. The number of aromatic nitrogens is 4. The topological polar surface area (TPSA) is 48.8 Å². The van der Waals surface area contributed by atoms with Gasteiger partial charge in [0.1, 0.15) is 5.58 Å². The molecular weight excluding hydrogens is 1110 g/mol. The average Bonchev–Trinajstić information content (AvgIpc) is 4.27. The second-order valence-electron chi connectivity index (χ2n) is 20.7. The summed E-state index contributed by atoms with van der Waals surface area (Å²) < 4.78 is 59.9. The number of aryl methyl sites for hydroxylation is 2. The van der Waals surface area contributed by atoms with Crippen LogP contribution in [0.5, 0.6) is 0 Å². The molecule has 3 aromatic heterocycles. The summed E-state index contributed by atoms with van der Waals surface area (Å²) in [6.45, 7) is 13.1. The molecule has 381 valence electrons. The van der Waals surface area contributed by atoms with Crippen molar-refractivity contribution in [3.63, 3.8) is 0 Å². The summed E-state index contributed by atoms with van der Waals surface area (Å²) in [6, 6.07) is 67.6. The molecule has 0 aliphatic rings. The summed E-state index contributed by atoms with van der Waals surface area (Å²) in [5.74, 6) is 2.52. The zero-order valence-electron chi connectivity index (χ0n) is 50.2. The van der Waals surface area contributed by atoms with Gasteiger partial charge in [0.05, 0.1) is 39.3 Å². The Morgan fingerprint density at radius 2 is 0.974 bits per heavy atom. The monoisotopic (exact) mass is 1180 g/mol. The fourth-order valence-electron chi connectivity index (χ4n) is 10.6. The van der Waals surface area contributed by atoms with Crippen molar-refractivity contribution in [1.82, 2.24) is 19.1 Å². The Balaban J connectivity index is 0.000000194. The Bertz CT molecular complexity index is 4210. The van der Waals surface area contributed by atoms with E-state index in [-0.39, 0.29) is 43.1 Å². The van der Waals surface area contributed by atoms with Gasteiger partial charge < -0.3 is 13.6 Å². The largest absolute Gasteiger partial charge is 0.501 e. The van der Waals surface area contributed by atoms with Gasteiger partial charge in [-0.15, -0.1) is 53.6 Å². The van der Waals surface area contributed by atoms with E-state index in [0.717, 1.165) is 61.4 Å². The Kier molecular flexibility index (Phi) is 12.7. The van der Waals surface area contributed by atoms with Crippen LogP contribution in [0, 0.1) is 25.8 Å². The van der Waals surface area contributed by atoms with Gasteiger partial charge in [-0.3, -0.25) is 9.97 Å². The van der Waals surface area contributed by atoms with Crippen molar-refractivity contribution in [1.29, 1.82) is 0 Å². The van der Waals surface area contributed by atoms with Crippen LogP contribution in [0.2, 0.25) is 0 Å². The van der Waals surface area contributed by atoms with Gasteiger partial charge in [0, 0.05) is 45.1 Å². The molecule has 76 heavy (non-hydrogen) atoms. The molecule has 9 aromatic carbocycles. The Morgan fingerprint density at radius 1 is 0.487 bits per heavy atom. The quantitative estimate of drug-likeness (QED) is 0.128. The number of imidazole rings is 2. The number of furan rings is 1. The summed E-state index contributed by atoms with van der Waals surface area (Å²) >= 11 is 0. The molecule has 5 nitrogen and oxygen atoms in total. The van der Waals surface area contributed by atoms with Crippen LogP contribution >= 0.6 is 0 Å². The third kappa shape index (κ3) is 9.55. The van der Waals surface area contributed by atoms with Crippen LogP contribution in [0.15, 0.2) is 186 Å². The Labute approximate surface area is 470 Å². The molecule has 0 saturated carbocycles. The number of fused-ring (bicyclic) bond motifs is 5. The van der Waals surface area contributed by atoms with E-state index in [4.69, 9.17) is 22.6 Å². The minimum absolute atomic E-state index is 0. The first kappa shape index (κ1) is 44.6. The van der Waals surface area contributed by atoms with Crippen LogP contribution < -0.4 is 0 Å². The third-order valence-electron chi connectivity index (χ3n) is 14.3. The van der Waals surface area contributed by atoms with Crippen molar-refractivity contribution in [2.75, 3.05) is 0 Å². The second kappa shape index (κ2) is 21.5. The fraction of sp³-hybridized carbons (Fsp3) is 0.200. The number of para-hydroxylation sites is 4. The van der Waals surface area contributed by atoms with Gasteiger partial charge in [-0.1, -0.05) is 170 Å². The summed E-state index contributed by atoms with van der Waals surface area (Å²) in [6.07, 6.45) is 0. The molecule has 0 aliphatic carbocycles. The number of nitrogens with zero attached hydrogens (tertiary/aromatic N) is 4. The Hall–Kier alpha value is -7.63. The molecule has 0 atom stereocenters. The SMILES string of the molecule is CC(C)c1cc(-c2ccccc2)cc(C(C)C)c1-n1c(-c2[c-]cccc2)nc2ccccc21.[2H]C([2H])([2H])c1ccc2c(c1)oc1c(-c3nc4ccccc4n3-c3c(C(C)C)cc(-c4ccccc4)cc3C(C)C)[c-]cc(C([2H])([2H])[2H])c12.[Ir]. The molecular formula is C70H64IrN4O-2. The van der Waals surface area contributed by atoms with Crippen molar-refractivity contribution in [3.05, 3.63) is 228 Å². The maximum atomic E-state index is 8.35. The number of benzene rings is 9. The zero-order chi connectivity index (χ0) is 57.1. The molecule has 0 unspecified atom stereocenters. The predicted molar refractivity (Wildman–Crippen MR) is 315 cm³/mol. The van der Waals surface area contributed by atoms with E-state index >= 15 is 0 Å². The van der Waals surface area contributed by atoms with E-state index in [1.54, 1.807) is 6.07 Å². The van der Waals surface area contributed by atoms with Crippen LogP contribution in [0.1, 0.15) is 121 Å². The number of rotatable bonds is 10. The molecule has 0 bridgehead atoms. The summed E-state index contributed by atoms with van der Waals surface area (Å²) in [7, 11) is 0. The van der Waals surface area contributed by atoms with E-state index in [0.29, 0.717) is 45.2 Å². The van der Waals surface area contributed by atoms with Crippen LogP contribution in [-0.2, 0) is 20.1 Å². The van der Waals surface area contributed by atoms with Crippen LogP contribution in [0.3, 0.4) is 0 Å². The molecule has 0 spiro atoms.